The molecular weight excluding hydrogens is 517 g/mol. The van der Waals surface area contributed by atoms with Crippen LogP contribution in [0.1, 0.15) is 27.9 Å². The number of carbonyl (C=O) groups excluding carboxylic acids is 1. The van der Waals surface area contributed by atoms with Gasteiger partial charge < -0.3 is 4.55 Å². The first-order valence-electron chi connectivity index (χ1n) is 10.4. The lowest BCUT2D eigenvalue weighted by Crippen LogP contribution is -2.18. The molecule has 1 aromatic heterocycles. The molecule has 10 heteroatoms. The maximum Gasteiger partial charge on any atom is 0.197 e. The molecule has 0 aliphatic heterocycles. The molecule has 0 amide bonds. The maximum atomic E-state index is 14.7. The van der Waals surface area contributed by atoms with E-state index in [1.807, 2.05) is 18.2 Å². The summed E-state index contributed by atoms with van der Waals surface area (Å²) in [4.78, 5) is 17.6. The van der Waals surface area contributed by atoms with Gasteiger partial charge in [-0.1, -0.05) is 35.3 Å². The predicted molar refractivity (Wildman–Crippen MR) is 132 cm³/mol. The molecule has 1 heterocycles. The van der Waals surface area contributed by atoms with E-state index in [-0.39, 0.29) is 35.5 Å². The van der Waals surface area contributed by atoms with Crippen LogP contribution in [0.2, 0.25) is 10.0 Å². The average Bonchev–Trinajstić information content (AvgIpc) is 2.84. The SMILES string of the molecule is O=C(c1ccc2ncc(-c3ccc(Cl)cc3)cc2c1)c1c(F)c(F)cc(CCCNS(=O)[O-])c1Cl. The molecule has 0 saturated heterocycles. The zero-order chi connectivity index (χ0) is 25.1. The second-order valence-corrected chi connectivity index (χ2v) is 9.29. The van der Waals surface area contributed by atoms with Gasteiger partial charge in [0.15, 0.2) is 17.4 Å². The molecule has 0 spiro atoms. The maximum absolute atomic E-state index is 14.7. The van der Waals surface area contributed by atoms with Crippen LogP contribution in [0.5, 0.6) is 0 Å². The molecule has 0 aliphatic rings. The largest absolute Gasteiger partial charge is 0.760 e. The molecule has 4 aromatic rings. The normalized spacial score (nSPS) is 12.1. The number of nitrogens with zero attached hydrogens (tertiary/aromatic N) is 1. The second kappa shape index (κ2) is 10.9. The molecule has 4 rings (SSSR count). The van der Waals surface area contributed by atoms with Crippen LogP contribution in [0.25, 0.3) is 22.0 Å². The molecule has 0 bridgehead atoms. The van der Waals surface area contributed by atoms with E-state index in [0.29, 0.717) is 15.9 Å². The summed E-state index contributed by atoms with van der Waals surface area (Å²) >= 11 is 9.84. The number of rotatable bonds is 8. The Morgan fingerprint density at radius 3 is 2.49 bits per heavy atom. The smallest absolute Gasteiger partial charge is 0.197 e. The first-order valence-corrected chi connectivity index (χ1v) is 12.3. The van der Waals surface area contributed by atoms with Crippen molar-refractivity contribution in [2.45, 2.75) is 12.8 Å². The average molecular weight is 534 g/mol. The summed E-state index contributed by atoms with van der Waals surface area (Å²) in [6, 6.07) is 14.6. The minimum Gasteiger partial charge on any atom is -0.760 e. The van der Waals surface area contributed by atoms with Crippen molar-refractivity contribution < 1.29 is 22.3 Å². The highest BCUT2D eigenvalue weighted by Gasteiger charge is 2.24. The number of fused-ring (bicyclic) bond motifs is 1. The van der Waals surface area contributed by atoms with Crippen molar-refractivity contribution in [3.63, 3.8) is 0 Å². The highest BCUT2D eigenvalue weighted by molar-refractivity contribution is 7.77. The van der Waals surface area contributed by atoms with Crippen LogP contribution in [0.4, 0.5) is 8.78 Å². The lowest BCUT2D eigenvalue weighted by Gasteiger charge is -2.13. The fourth-order valence-corrected chi connectivity index (χ4v) is 4.44. The van der Waals surface area contributed by atoms with Gasteiger partial charge in [-0.15, -0.1) is 0 Å². The standard InChI is InChI=1S/C25H18Cl2F2N2O3S/c26-19-6-3-14(4-7-19)18-11-17-10-16(5-8-21(17)30-13-18)25(32)22-23(27)15(12-20(28)24(22)29)2-1-9-31-35(33)34/h3-8,10-13,31H,1-2,9H2,(H,33,34)/p-1. The number of nitrogens with one attached hydrogen (secondary N) is 1. The summed E-state index contributed by atoms with van der Waals surface area (Å²) in [6.07, 6.45) is 2.12. The van der Waals surface area contributed by atoms with Gasteiger partial charge in [0, 0.05) is 45.5 Å². The topological polar surface area (TPSA) is 82.1 Å². The Morgan fingerprint density at radius 1 is 1.03 bits per heavy atom. The summed E-state index contributed by atoms with van der Waals surface area (Å²) in [6.45, 7) is 0.0857. The Hall–Kier alpha value is -2.75. The van der Waals surface area contributed by atoms with Gasteiger partial charge in [-0.2, -0.15) is 0 Å². The summed E-state index contributed by atoms with van der Waals surface area (Å²) in [7, 11) is 0. The van der Waals surface area contributed by atoms with Crippen LogP contribution >= 0.6 is 23.2 Å². The number of benzene rings is 3. The highest BCUT2D eigenvalue weighted by atomic mass is 35.5. The third-order valence-corrected chi connectivity index (χ3v) is 6.55. The Morgan fingerprint density at radius 2 is 1.77 bits per heavy atom. The molecule has 1 atom stereocenters. The highest BCUT2D eigenvalue weighted by Crippen LogP contribution is 2.31. The van der Waals surface area contributed by atoms with Crippen LogP contribution in [0.15, 0.2) is 60.8 Å². The quantitative estimate of drug-likeness (QED) is 0.130. The summed E-state index contributed by atoms with van der Waals surface area (Å²) in [5.74, 6) is -3.32. The van der Waals surface area contributed by atoms with Gasteiger partial charge in [0.05, 0.1) is 16.1 Å². The van der Waals surface area contributed by atoms with Crippen LogP contribution < -0.4 is 4.72 Å². The van der Waals surface area contributed by atoms with Gasteiger partial charge in [0.1, 0.15) is 0 Å². The van der Waals surface area contributed by atoms with Crippen molar-refractivity contribution in [2.75, 3.05) is 6.54 Å². The summed E-state index contributed by atoms with van der Waals surface area (Å²) < 4.78 is 52.4. The van der Waals surface area contributed by atoms with Gasteiger partial charge in [0.2, 0.25) is 0 Å². The monoisotopic (exact) mass is 533 g/mol. The van der Waals surface area contributed by atoms with Gasteiger partial charge in [0.25, 0.3) is 0 Å². The number of pyridine rings is 1. The summed E-state index contributed by atoms with van der Waals surface area (Å²) in [5.41, 5.74) is 2.05. The molecule has 5 nitrogen and oxygen atoms in total. The van der Waals surface area contributed by atoms with Crippen molar-refractivity contribution in [3.8, 4) is 11.1 Å². The molecule has 1 N–H and O–H groups in total. The third-order valence-electron chi connectivity index (χ3n) is 5.42. The fourth-order valence-electron chi connectivity index (χ4n) is 3.69. The molecule has 0 aliphatic carbocycles. The van der Waals surface area contributed by atoms with Gasteiger partial charge >= 0.3 is 0 Å². The molecule has 3 aromatic carbocycles. The van der Waals surface area contributed by atoms with Gasteiger partial charge in [-0.05, 0) is 66.4 Å². The van der Waals surface area contributed by atoms with E-state index in [0.717, 1.165) is 17.2 Å². The van der Waals surface area contributed by atoms with E-state index >= 15 is 0 Å². The Kier molecular flexibility index (Phi) is 7.88. The van der Waals surface area contributed by atoms with Crippen LogP contribution in [-0.4, -0.2) is 26.1 Å². The predicted octanol–water partition coefficient (Wildman–Crippen LogP) is 6.03. The first kappa shape index (κ1) is 25.3. The van der Waals surface area contributed by atoms with Crippen LogP contribution in [0, 0.1) is 11.6 Å². The Balaban J connectivity index is 1.68. The molecule has 180 valence electrons. The van der Waals surface area contributed by atoms with E-state index < -0.39 is 34.2 Å². The van der Waals surface area contributed by atoms with E-state index in [1.54, 1.807) is 30.5 Å². The number of aromatic nitrogens is 1. The number of ketones is 1. The van der Waals surface area contributed by atoms with Crippen LogP contribution in [0.3, 0.4) is 0 Å². The molecule has 35 heavy (non-hydrogen) atoms. The lowest BCUT2D eigenvalue weighted by molar-refractivity contribution is 0.103. The number of carbonyl (C=O) groups is 1. The number of hydrogen-bond donors (Lipinski definition) is 1. The summed E-state index contributed by atoms with van der Waals surface area (Å²) in [5, 5.41) is 1.03. The van der Waals surface area contributed by atoms with Gasteiger partial charge in [-0.3, -0.25) is 14.0 Å². The number of halogens is 4. The first-order chi connectivity index (χ1) is 16.7. The van der Waals surface area contributed by atoms with Crippen LogP contribution in [-0.2, 0) is 17.7 Å². The minimum absolute atomic E-state index is 0.0857. The molecule has 0 saturated carbocycles. The Labute approximate surface area is 212 Å². The van der Waals surface area contributed by atoms with Crippen molar-refractivity contribution in [3.05, 3.63) is 99.2 Å². The van der Waals surface area contributed by atoms with Crippen molar-refractivity contribution in [1.29, 1.82) is 0 Å². The fraction of sp³-hybridized carbons (Fsp3) is 0.120. The zero-order valence-electron chi connectivity index (χ0n) is 18.0. The van der Waals surface area contributed by atoms with E-state index in [4.69, 9.17) is 23.2 Å². The zero-order valence-corrected chi connectivity index (χ0v) is 20.3. The molecule has 1 unspecified atom stereocenters. The minimum atomic E-state index is -2.43. The van der Waals surface area contributed by atoms with Crippen molar-refractivity contribution in [1.82, 2.24) is 9.71 Å². The molecule has 0 fully saturated rings. The van der Waals surface area contributed by atoms with Gasteiger partial charge in [-0.25, -0.2) is 13.5 Å². The Bertz CT molecular complexity index is 1450. The number of hydrogen-bond acceptors (Lipinski definition) is 4. The lowest BCUT2D eigenvalue weighted by atomic mass is 9.97. The van der Waals surface area contributed by atoms with Crippen molar-refractivity contribution >= 4 is 51.2 Å². The second-order valence-electron chi connectivity index (χ2n) is 7.72. The van der Waals surface area contributed by atoms with Crippen molar-refractivity contribution in [2.24, 2.45) is 0 Å². The third kappa shape index (κ3) is 5.74. The van der Waals surface area contributed by atoms with E-state index in [9.17, 15) is 22.3 Å². The molecular formula is C25H17Cl2F2N2O3S-. The van der Waals surface area contributed by atoms with E-state index in [1.165, 1.54) is 6.07 Å². The van der Waals surface area contributed by atoms with E-state index in [2.05, 4.69) is 9.71 Å². The molecule has 0 radical (unpaired) electrons. The number of aryl methyl sites for hydroxylation is 1.